The van der Waals surface area contributed by atoms with Gasteiger partial charge in [-0.3, -0.25) is 4.79 Å². The van der Waals surface area contributed by atoms with Crippen molar-refractivity contribution in [3.05, 3.63) is 68.8 Å². The lowest BCUT2D eigenvalue weighted by Crippen LogP contribution is -2.29. The molecule has 4 heterocycles. The van der Waals surface area contributed by atoms with Gasteiger partial charge >= 0.3 is 0 Å². The van der Waals surface area contributed by atoms with Crippen LogP contribution in [0.15, 0.2) is 46.6 Å². The summed E-state index contributed by atoms with van der Waals surface area (Å²) < 4.78 is 1.69. The number of H-pyrrole nitrogens is 1. The Labute approximate surface area is 151 Å². The third kappa shape index (κ3) is 2.17. The van der Waals surface area contributed by atoms with Gasteiger partial charge in [-0.2, -0.15) is 9.78 Å². The summed E-state index contributed by atoms with van der Waals surface area (Å²) in [6.07, 6.45) is 0. The number of aromatic nitrogens is 6. The molecule has 5 rings (SSSR count). The second-order valence-electron chi connectivity index (χ2n) is 6.05. The average molecular weight is 363 g/mol. The molecule has 128 valence electrons. The van der Waals surface area contributed by atoms with Crippen molar-refractivity contribution < 1.29 is 0 Å². The Morgan fingerprint density at radius 3 is 2.81 bits per heavy atom. The van der Waals surface area contributed by atoms with Gasteiger partial charge in [0.25, 0.3) is 5.56 Å². The number of aryl methyl sites for hydroxylation is 1. The second-order valence-corrected chi connectivity index (χ2v) is 7.00. The maximum atomic E-state index is 12.5. The third-order valence-corrected chi connectivity index (χ3v) is 5.29. The molecular formula is C17H13N7OS. The number of anilines is 2. The summed E-state index contributed by atoms with van der Waals surface area (Å²) in [6.45, 7) is 2.03. The summed E-state index contributed by atoms with van der Waals surface area (Å²) in [5.74, 6) is 0.428. The number of aromatic amines is 1. The second kappa shape index (κ2) is 5.60. The summed E-state index contributed by atoms with van der Waals surface area (Å²) in [6, 6.07) is 11.7. The van der Waals surface area contributed by atoms with Crippen LogP contribution in [0.25, 0.3) is 10.6 Å². The Hall–Kier alpha value is -3.33. The van der Waals surface area contributed by atoms with Gasteiger partial charge in [0.05, 0.1) is 4.88 Å². The lowest BCUT2D eigenvalue weighted by molar-refractivity contribution is 0.567. The maximum absolute atomic E-state index is 12.5. The van der Waals surface area contributed by atoms with Gasteiger partial charge in [0.1, 0.15) is 17.4 Å². The van der Waals surface area contributed by atoms with Crippen molar-refractivity contribution in [1.82, 2.24) is 30.4 Å². The maximum Gasteiger partial charge on any atom is 0.288 e. The van der Waals surface area contributed by atoms with E-state index in [0.717, 1.165) is 21.6 Å². The summed E-state index contributed by atoms with van der Waals surface area (Å²) in [5, 5.41) is 23.9. The van der Waals surface area contributed by atoms with Gasteiger partial charge in [-0.25, -0.2) is 5.10 Å². The Bertz CT molecular complexity index is 1140. The lowest BCUT2D eigenvalue weighted by atomic mass is 9.94. The van der Waals surface area contributed by atoms with Crippen LogP contribution in [0.1, 0.15) is 22.7 Å². The first-order valence-corrected chi connectivity index (χ1v) is 8.88. The largest absolute Gasteiger partial charge is 0.318 e. The fraction of sp³-hybridized carbons (Fsp3) is 0.118. The number of fused-ring (bicyclic) bond motifs is 2. The number of hydrogen-bond donors (Lipinski definition) is 2. The number of tetrazole rings is 1. The van der Waals surface area contributed by atoms with E-state index in [1.54, 1.807) is 16.0 Å². The van der Waals surface area contributed by atoms with Crippen LogP contribution in [0.5, 0.6) is 0 Å². The Morgan fingerprint density at radius 2 is 2.04 bits per heavy atom. The number of benzene rings is 1. The molecular weight excluding hydrogens is 350 g/mol. The molecule has 0 fully saturated rings. The number of rotatable bonds is 2. The molecule has 1 aliphatic heterocycles. The molecule has 0 spiro atoms. The first-order valence-electron chi connectivity index (χ1n) is 8.00. The molecule has 1 atom stereocenters. The van der Waals surface area contributed by atoms with Crippen molar-refractivity contribution in [2.24, 2.45) is 0 Å². The first kappa shape index (κ1) is 15.0. The van der Waals surface area contributed by atoms with Crippen LogP contribution >= 0.6 is 11.3 Å². The zero-order valence-corrected chi connectivity index (χ0v) is 14.5. The van der Waals surface area contributed by atoms with E-state index in [1.807, 2.05) is 48.7 Å². The molecule has 26 heavy (non-hydrogen) atoms. The Balaban J connectivity index is 1.83. The quantitative estimate of drug-likeness (QED) is 0.500. The van der Waals surface area contributed by atoms with Gasteiger partial charge < -0.3 is 5.32 Å². The Morgan fingerprint density at radius 1 is 1.19 bits per heavy atom. The molecule has 0 amide bonds. The van der Waals surface area contributed by atoms with Gasteiger partial charge in [0.2, 0.25) is 5.95 Å². The Kier molecular flexibility index (Phi) is 3.22. The highest BCUT2D eigenvalue weighted by atomic mass is 32.1. The summed E-state index contributed by atoms with van der Waals surface area (Å²) in [4.78, 5) is 13.5. The highest BCUT2D eigenvalue weighted by Crippen LogP contribution is 2.41. The molecule has 9 heteroatoms. The van der Waals surface area contributed by atoms with Crippen molar-refractivity contribution >= 4 is 23.0 Å². The van der Waals surface area contributed by atoms with E-state index in [4.69, 9.17) is 0 Å². The summed E-state index contributed by atoms with van der Waals surface area (Å²) in [5.41, 5.74) is 3.75. The number of nitrogens with zero attached hydrogens (tertiary/aromatic N) is 5. The zero-order chi connectivity index (χ0) is 17.7. The molecule has 0 saturated carbocycles. The fourth-order valence-corrected chi connectivity index (χ4v) is 3.92. The van der Waals surface area contributed by atoms with E-state index < -0.39 is 0 Å². The van der Waals surface area contributed by atoms with E-state index in [-0.39, 0.29) is 11.6 Å². The monoisotopic (exact) mass is 363 g/mol. The molecule has 0 unspecified atom stereocenters. The van der Waals surface area contributed by atoms with E-state index in [0.29, 0.717) is 17.3 Å². The molecule has 1 aliphatic rings. The van der Waals surface area contributed by atoms with E-state index in [2.05, 4.69) is 31.0 Å². The van der Waals surface area contributed by atoms with Crippen LogP contribution in [0, 0.1) is 6.92 Å². The van der Waals surface area contributed by atoms with Gasteiger partial charge in [0.15, 0.2) is 0 Å². The van der Waals surface area contributed by atoms with Gasteiger partial charge in [-0.15, -0.1) is 11.3 Å². The van der Waals surface area contributed by atoms with Crippen LogP contribution in [-0.2, 0) is 0 Å². The van der Waals surface area contributed by atoms with E-state index in [1.165, 1.54) is 0 Å². The number of thiophene rings is 1. The van der Waals surface area contributed by atoms with Crippen molar-refractivity contribution in [2.45, 2.75) is 13.0 Å². The summed E-state index contributed by atoms with van der Waals surface area (Å²) >= 11 is 1.56. The minimum atomic E-state index is -0.344. The third-order valence-electron chi connectivity index (χ3n) is 4.42. The predicted molar refractivity (Wildman–Crippen MR) is 97.7 cm³/mol. The smallest absolute Gasteiger partial charge is 0.288 e. The molecule has 0 aliphatic carbocycles. The minimum Gasteiger partial charge on any atom is -0.318 e. The summed E-state index contributed by atoms with van der Waals surface area (Å²) in [7, 11) is 0. The highest BCUT2D eigenvalue weighted by Gasteiger charge is 2.34. The SMILES string of the molecule is Cc1ccc([C@@H]2c3c(-c4cccs4)n[nH]c(=O)c3Nc3nnnn32)cc1. The van der Waals surface area contributed by atoms with Crippen molar-refractivity contribution in [3.8, 4) is 10.6 Å². The molecule has 0 radical (unpaired) electrons. The van der Waals surface area contributed by atoms with Crippen molar-refractivity contribution in [2.75, 3.05) is 5.32 Å². The molecule has 1 aromatic carbocycles. The van der Waals surface area contributed by atoms with E-state index in [9.17, 15) is 4.79 Å². The fourth-order valence-electron chi connectivity index (χ4n) is 3.20. The van der Waals surface area contributed by atoms with Crippen LogP contribution < -0.4 is 10.9 Å². The topological polar surface area (TPSA) is 101 Å². The van der Waals surface area contributed by atoms with Crippen LogP contribution in [0.4, 0.5) is 11.6 Å². The van der Waals surface area contributed by atoms with E-state index >= 15 is 0 Å². The lowest BCUT2D eigenvalue weighted by Gasteiger charge is -2.27. The van der Waals surface area contributed by atoms with Crippen LogP contribution in [-0.4, -0.2) is 30.4 Å². The van der Waals surface area contributed by atoms with Crippen molar-refractivity contribution in [3.63, 3.8) is 0 Å². The molecule has 3 aromatic heterocycles. The van der Waals surface area contributed by atoms with Crippen LogP contribution in [0.3, 0.4) is 0 Å². The zero-order valence-electron chi connectivity index (χ0n) is 13.7. The molecule has 2 N–H and O–H groups in total. The molecule has 0 bridgehead atoms. The average Bonchev–Trinajstić information content (AvgIpc) is 3.33. The highest BCUT2D eigenvalue weighted by molar-refractivity contribution is 7.13. The van der Waals surface area contributed by atoms with Gasteiger partial charge in [-0.05, 0) is 34.4 Å². The molecule has 0 saturated heterocycles. The minimum absolute atomic E-state index is 0.299. The van der Waals surface area contributed by atoms with Crippen molar-refractivity contribution in [1.29, 1.82) is 0 Å². The first-order chi connectivity index (χ1) is 12.7. The standard InChI is InChI=1S/C17H13N7OS/c1-9-4-6-10(7-5-9)15-12-13(11-3-2-8-26-11)19-20-16(25)14(12)18-17-21-22-23-24(15)17/h2-8,15H,1H3,(H,20,25)(H,18,21,23)/t15-/m1/s1. The normalized spacial score (nSPS) is 15.2. The van der Waals surface area contributed by atoms with Gasteiger partial charge in [-0.1, -0.05) is 41.0 Å². The predicted octanol–water partition coefficient (Wildman–Crippen LogP) is 2.49. The molecule has 8 nitrogen and oxygen atoms in total. The van der Waals surface area contributed by atoms with Gasteiger partial charge in [0, 0.05) is 5.56 Å². The number of nitrogens with one attached hydrogen (secondary N) is 2. The van der Waals surface area contributed by atoms with Crippen LogP contribution in [0.2, 0.25) is 0 Å². The molecule has 4 aromatic rings. The number of hydrogen-bond acceptors (Lipinski definition) is 7.